The summed E-state index contributed by atoms with van der Waals surface area (Å²) in [6.07, 6.45) is 2.67. The number of thiophene rings is 1. The summed E-state index contributed by atoms with van der Waals surface area (Å²) >= 11 is 1.88. The molecular formula is C16H19N5OS. The molecule has 23 heavy (non-hydrogen) atoms. The van der Waals surface area contributed by atoms with Gasteiger partial charge >= 0.3 is 0 Å². The molecule has 4 heterocycles. The van der Waals surface area contributed by atoms with Gasteiger partial charge in [0.1, 0.15) is 17.5 Å². The number of aryl methyl sites for hydroxylation is 1. The highest BCUT2D eigenvalue weighted by Crippen LogP contribution is 2.26. The number of aromatic nitrogens is 3. The molecule has 7 heteroatoms. The molecule has 3 aromatic heterocycles. The first-order valence-corrected chi connectivity index (χ1v) is 8.70. The van der Waals surface area contributed by atoms with E-state index in [1.54, 1.807) is 4.88 Å². The van der Waals surface area contributed by atoms with Crippen LogP contribution in [0.15, 0.2) is 22.3 Å². The van der Waals surface area contributed by atoms with Crippen molar-refractivity contribution in [3.05, 3.63) is 33.9 Å². The van der Waals surface area contributed by atoms with Crippen molar-refractivity contribution in [1.29, 1.82) is 0 Å². The highest BCUT2D eigenvalue weighted by Gasteiger charge is 2.22. The maximum absolute atomic E-state index is 5.19. The van der Waals surface area contributed by atoms with E-state index in [0.29, 0.717) is 11.8 Å². The molecule has 120 valence electrons. The average molecular weight is 329 g/mol. The highest BCUT2D eigenvalue weighted by molar-refractivity contribution is 7.10. The van der Waals surface area contributed by atoms with Crippen LogP contribution in [0.5, 0.6) is 0 Å². The lowest BCUT2D eigenvalue weighted by atomic mass is 10.1. The third-order valence-electron chi connectivity index (χ3n) is 4.47. The zero-order chi connectivity index (χ0) is 15.8. The second kappa shape index (κ2) is 5.90. The van der Waals surface area contributed by atoms with E-state index in [4.69, 9.17) is 4.52 Å². The number of rotatable bonds is 4. The molecular weight excluding hydrogens is 310 g/mol. The van der Waals surface area contributed by atoms with Gasteiger partial charge in [-0.2, -0.15) is 4.98 Å². The van der Waals surface area contributed by atoms with Crippen molar-refractivity contribution in [1.82, 2.24) is 20.0 Å². The molecule has 3 aromatic rings. The van der Waals surface area contributed by atoms with E-state index in [2.05, 4.69) is 43.7 Å². The van der Waals surface area contributed by atoms with Gasteiger partial charge in [0.05, 0.1) is 5.69 Å². The lowest BCUT2D eigenvalue weighted by molar-refractivity contribution is 0.200. The molecule has 0 aliphatic carbocycles. The predicted molar refractivity (Wildman–Crippen MR) is 90.7 cm³/mol. The fraction of sp³-hybridized carbons (Fsp3) is 0.438. The zero-order valence-electron chi connectivity index (χ0n) is 13.2. The number of hydrogen-bond donors (Lipinski definition) is 1. The van der Waals surface area contributed by atoms with Gasteiger partial charge < -0.3 is 9.84 Å². The van der Waals surface area contributed by atoms with Gasteiger partial charge in [0.2, 0.25) is 0 Å². The summed E-state index contributed by atoms with van der Waals surface area (Å²) < 4.78 is 5.19. The molecule has 0 saturated heterocycles. The quantitative estimate of drug-likeness (QED) is 0.794. The van der Waals surface area contributed by atoms with E-state index in [9.17, 15) is 0 Å². The Morgan fingerprint density at radius 3 is 3.26 bits per heavy atom. The van der Waals surface area contributed by atoms with Gasteiger partial charge in [-0.15, -0.1) is 11.3 Å². The fourth-order valence-corrected chi connectivity index (χ4v) is 3.97. The SMILES string of the molecule is Cc1noc2ncnc(NCC(C)N3CCc4sccc4C3)c12. The van der Waals surface area contributed by atoms with E-state index in [1.807, 2.05) is 18.3 Å². The molecule has 0 spiro atoms. The standard InChI is InChI=1S/C16H19N5OS/c1-10(21-5-3-13-12(8-21)4-6-23-13)7-17-15-14-11(2)20-22-16(14)19-9-18-15/h4,6,9-10H,3,5,7-8H2,1-2H3,(H,17,18,19). The summed E-state index contributed by atoms with van der Waals surface area (Å²) in [5.74, 6) is 0.800. The first-order chi connectivity index (χ1) is 11.2. The summed E-state index contributed by atoms with van der Waals surface area (Å²) in [4.78, 5) is 12.5. The largest absolute Gasteiger partial charge is 0.368 e. The van der Waals surface area contributed by atoms with Crippen molar-refractivity contribution in [3.63, 3.8) is 0 Å². The Labute approximate surface area is 138 Å². The molecule has 1 N–H and O–H groups in total. The van der Waals surface area contributed by atoms with E-state index in [-0.39, 0.29) is 0 Å². The number of anilines is 1. The molecule has 0 saturated carbocycles. The molecule has 0 radical (unpaired) electrons. The lowest BCUT2D eigenvalue weighted by Crippen LogP contribution is -2.40. The second-order valence-corrected chi connectivity index (χ2v) is 6.99. The second-order valence-electron chi connectivity index (χ2n) is 5.99. The minimum absolute atomic E-state index is 0.424. The van der Waals surface area contributed by atoms with Gasteiger partial charge in [-0.3, -0.25) is 4.90 Å². The van der Waals surface area contributed by atoms with E-state index in [1.165, 1.54) is 11.9 Å². The smallest absolute Gasteiger partial charge is 0.263 e. The van der Waals surface area contributed by atoms with Crippen LogP contribution in [0.25, 0.3) is 11.1 Å². The third-order valence-corrected chi connectivity index (χ3v) is 5.49. The Hall–Kier alpha value is -1.99. The summed E-state index contributed by atoms with van der Waals surface area (Å²) in [7, 11) is 0. The highest BCUT2D eigenvalue weighted by atomic mass is 32.1. The summed E-state index contributed by atoms with van der Waals surface area (Å²) in [6.45, 7) is 7.14. The van der Waals surface area contributed by atoms with Crippen LogP contribution in [0.1, 0.15) is 23.1 Å². The summed E-state index contributed by atoms with van der Waals surface area (Å²) in [5.41, 5.74) is 2.83. The van der Waals surface area contributed by atoms with Crippen LogP contribution in [0, 0.1) is 6.92 Å². The predicted octanol–water partition coefficient (Wildman–Crippen LogP) is 2.85. The Bertz CT molecular complexity index is 827. The summed E-state index contributed by atoms with van der Waals surface area (Å²) in [5, 5.41) is 10.5. The Balaban J connectivity index is 1.45. The monoisotopic (exact) mass is 329 g/mol. The van der Waals surface area contributed by atoms with Crippen molar-refractivity contribution in [2.24, 2.45) is 0 Å². The minimum atomic E-state index is 0.424. The minimum Gasteiger partial charge on any atom is -0.368 e. The van der Waals surface area contributed by atoms with Crippen LogP contribution in [-0.2, 0) is 13.0 Å². The van der Waals surface area contributed by atoms with Gasteiger partial charge in [-0.1, -0.05) is 5.16 Å². The van der Waals surface area contributed by atoms with Gasteiger partial charge in [0, 0.05) is 30.6 Å². The molecule has 1 aliphatic heterocycles. The number of nitrogens with one attached hydrogen (secondary N) is 1. The molecule has 6 nitrogen and oxygen atoms in total. The fourth-order valence-electron chi connectivity index (χ4n) is 3.08. The van der Waals surface area contributed by atoms with Crippen molar-refractivity contribution < 1.29 is 4.52 Å². The first-order valence-electron chi connectivity index (χ1n) is 7.82. The zero-order valence-corrected chi connectivity index (χ0v) is 14.1. The molecule has 0 amide bonds. The van der Waals surface area contributed by atoms with E-state index < -0.39 is 0 Å². The van der Waals surface area contributed by atoms with Crippen molar-refractivity contribution in [2.45, 2.75) is 32.9 Å². The summed E-state index contributed by atoms with van der Waals surface area (Å²) in [6, 6.07) is 2.68. The van der Waals surface area contributed by atoms with Crippen molar-refractivity contribution >= 4 is 28.3 Å². The van der Waals surface area contributed by atoms with Gasteiger partial charge in [-0.05, 0) is 37.3 Å². The van der Waals surface area contributed by atoms with Crippen LogP contribution >= 0.6 is 11.3 Å². The van der Waals surface area contributed by atoms with E-state index >= 15 is 0 Å². The average Bonchev–Trinajstić information content (AvgIpc) is 3.19. The lowest BCUT2D eigenvalue weighted by Gasteiger charge is -2.32. The number of nitrogens with zero attached hydrogens (tertiary/aromatic N) is 4. The van der Waals surface area contributed by atoms with Crippen LogP contribution in [-0.4, -0.2) is 39.2 Å². The van der Waals surface area contributed by atoms with Crippen molar-refractivity contribution in [3.8, 4) is 0 Å². The van der Waals surface area contributed by atoms with Crippen LogP contribution in [0.4, 0.5) is 5.82 Å². The number of hydrogen-bond acceptors (Lipinski definition) is 7. The van der Waals surface area contributed by atoms with Gasteiger partial charge in [-0.25, -0.2) is 4.98 Å². The molecule has 1 aliphatic rings. The first kappa shape index (κ1) is 14.6. The molecule has 0 aromatic carbocycles. The Morgan fingerprint density at radius 1 is 1.43 bits per heavy atom. The molecule has 0 bridgehead atoms. The normalized spacial score (nSPS) is 16.4. The Morgan fingerprint density at radius 2 is 2.35 bits per heavy atom. The van der Waals surface area contributed by atoms with Gasteiger partial charge in [0.15, 0.2) is 0 Å². The third kappa shape index (κ3) is 2.70. The molecule has 1 unspecified atom stereocenters. The van der Waals surface area contributed by atoms with Crippen LogP contribution < -0.4 is 5.32 Å². The van der Waals surface area contributed by atoms with Crippen LogP contribution in [0.3, 0.4) is 0 Å². The molecule has 1 atom stereocenters. The van der Waals surface area contributed by atoms with Gasteiger partial charge in [0.25, 0.3) is 5.71 Å². The maximum atomic E-state index is 5.19. The van der Waals surface area contributed by atoms with E-state index in [0.717, 1.165) is 43.0 Å². The van der Waals surface area contributed by atoms with Crippen LogP contribution in [0.2, 0.25) is 0 Å². The molecule has 4 rings (SSSR count). The Kier molecular flexibility index (Phi) is 3.74. The maximum Gasteiger partial charge on any atom is 0.263 e. The topological polar surface area (TPSA) is 67.1 Å². The number of fused-ring (bicyclic) bond motifs is 2. The van der Waals surface area contributed by atoms with Crippen molar-refractivity contribution in [2.75, 3.05) is 18.4 Å². The molecule has 0 fully saturated rings.